The summed E-state index contributed by atoms with van der Waals surface area (Å²) in [6, 6.07) is 0.695. The molecule has 0 saturated heterocycles. The Morgan fingerprint density at radius 1 is 1.12 bits per heavy atom. The Bertz CT molecular complexity index is 173. The number of rotatable bonds is 6. The van der Waals surface area contributed by atoms with Crippen LogP contribution in [0.1, 0.15) is 59.3 Å². The molecule has 0 aliphatic heterocycles. The van der Waals surface area contributed by atoms with Crippen molar-refractivity contribution in [3.05, 3.63) is 0 Å². The lowest BCUT2D eigenvalue weighted by atomic mass is 9.82. The van der Waals surface area contributed by atoms with Crippen molar-refractivity contribution in [2.75, 3.05) is 13.2 Å². The molecule has 2 heteroatoms. The van der Waals surface area contributed by atoms with E-state index in [0.29, 0.717) is 12.6 Å². The second-order valence-electron chi connectivity index (χ2n) is 5.70. The highest BCUT2D eigenvalue weighted by Gasteiger charge is 2.27. The van der Waals surface area contributed by atoms with E-state index in [0.717, 1.165) is 25.3 Å². The van der Waals surface area contributed by atoms with Gasteiger partial charge in [0.15, 0.2) is 0 Å². The van der Waals surface area contributed by atoms with Gasteiger partial charge < -0.3 is 10.4 Å². The van der Waals surface area contributed by atoms with Gasteiger partial charge in [-0.1, -0.05) is 20.8 Å². The van der Waals surface area contributed by atoms with Crippen molar-refractivity contribution < 1.29 is 5.11 Å². The molecule has 0 bridgehead atoms. The van der Waals surface area contributed by atoms with Gasteiger partial charge in [0.1, 0.15) is 0 Å². The monoisotopic (exact) mass is 227 g/mol. The summed E-state index contributed by atoms with van der Waals surface area (Å²) in [5.41, 5.74) is 0.114. The normalized spacial score (nSPS) is 27.0. The molecule has 0 unspecified atom stereocenters. The van der Waals surface area contributed by atoms with Crippen molar-refractivity contribution in [2.24, 2.45) is 11.3 Å². The van der Waals surface area contributed by atoms with Gasteiger partial charge in [-0.2, -0.15) is 0 Å². The fourth-order valence-electron chi connectivity index (χ4n) is 2.60. The quantitative estimate of drug-likeness (QED) is 0.731. The molecule has 0 aromatic rings. The summed E-state index contributed by atoms with van der Waals surface area (Å²) in [5, 5.41) is 13.2. The Hall–Kier alpha value is -0.0800. The number of hydrogen-bond donors (Lipinski definition) is 2. The first-order valence-electron chi connectivity index (χ1n) is 7.00. The molecule has 96 valence electrons. The third-order valence-corrected chi connectivity index (χ3v) is 4.62. The minimum absolute atomic E-state index is 0.114. The van der Waals surface area contributed by atoms with E-state index in [4.69, 9.17) is 0 Å². The van der Waals surface area contributed by atoms with E-state index in [2.05, 4.69) is 26.1 Å². The van der Waals surface area contributed by atoms with E-state index in [9.17, 15) is 5.11 Å². The SMILES string of the molecule is CCC(CC)(CO)CNC1CCC(C)CC1. The van der Waals surface area contributed by atoms with Gasteiger partial charge in [0.2, 0.25) is 0 Å². The molecule has 16 heavy (non-hydrogen) atoms. The van der Waals surface area contributed by atoms with Crippen LogP contribution in [0.25, 0.3) is 0 Å². The van der Waals surface area contributed by atoms with Crippen LogP contribution < -0.4 is 5.32 Å². The molecule has 0 atom stereocenters. The highest BCUT2D eigenvalue weighted by atomic mass is 16.3. The lowest BCUT2D eigenvalue weighted by Crippen LogP contribution is -2.42. The predicted molar refractivity (Wildman–Crippen MR) is 69.5 cm³/mol. The van der Waals surface area contributed by atoms with Gasteiger partial charge in [0.25, 0.3) is 0 Å². The lowest BCUT2D eigenvalue weighted by molar-refractivity contribution is 0.106. The molecule has 1 saturated carbocycles. The summed E-state index contributed by atoms with van der Waals surface area (Å²) in [4.78, 5) is 0. The highest BCUT2D eigenvalue weighted by molar-refractivity contribution is 4.82. The van der Waals surface area contributed by atoms with Gasteiger partial charge >= 0.3 is 0 Å². The first kappa shape index (κ1) is 14.0. The highest BCUT2D eigenvalue weighted by Crippen LogP contribution is 2.27. The Balaban J connectivity index is 2.32. The van der Waals surface area contributed by atoms with E-state index in [1.807, 2.05) is 0 Å². The summed E-state index contributed by atoms with van der Waals surface area (Å²) in [5.74, 6) is 0.915. The van der Waals surface area contributed by atoms with Crippen LogP contribution in [0.5, 0.6) is 0 Å². The second-order valence-corrected chi connectivity index (χ2v) is 5.70. The van der Waals surface area contributed by atoms with Crippen LogP contribution in [0.2, 0.25) is 0 Å². The number of hydrogen-bond acceptors (Lipinski definition) is 2. The van der Waals surface area contributed by atoms with Crippen LogP contribution in [-0.4, -0.2) is 24.3 Å². The molecule has 0 radical (unpaired) electrons. The Morgan fingerprint density at radius 2 is 1.69 bits per heavy atom. The summed E-state index contributed by atoms with van der Waals surface area (Å²) in [6.45, 7) is 8.02. The largest absolute Gasteiger partial charge is 0.396 e. The van der Waals surface area contributed by atoms with Gasteiger partial charge in [-0.3, -0.25) is 0 Å². The standard InChI is InChI=1S/C14H29NO/c1-4-14(5-2,11-16)10-15-13-8-6-12(3)7-9-13/h12-13,15-16H,4-11H2,1-3H3. The molecule has 1 aliphatic carbocycles. The minimum atomic E-state index is 0.114. The van der Waals surface area contributed by atoms with Gasteiger partial charge in [0, 0.05) is 24.6 Å². The second kappa shape index (κ2) is 6.61. The van der Waals surface area contributed by atoms with E-state index < -0.39 is 0 Å². The summed E-state index contributed by atoms with van der Waals surface area (Å²) in [7, 11) is 0. The van der Waals surface area contributed by atoms with Crippen molar-refractivity contribution in [2.45, 2.75) is 65.3 Å². The van der Waals surface area contributed by atoms with Crippen LogP contribution in [0, 0.1) is 11.3 Å². The van der Waals surface area contributed by atoms with E-state index in [1.54, 1.807) is 0 Å². The lowest BCUT2D eigenvalue weighted by Gasteiger charge is -2.34. The van der Waals surface area contributed by atoms with Crippen molar-refractivity contribution in [3.8, 4) is 0 Å². The molecule has 2 nitrogen and oxygen atoms in total. The maximum absolute atomic E-state index is 9.51. The fraction of sp³-hybridized carbons (Fsp3) is 1.00. The first-order valence-corrected chi connectivity index (χ1v) is 7.00. The first-order chi connectivity index (χ1) is 7.65. The van der Waals surface area contributed by atoms with E-state index >= 15 is 0 Å². The predicted octanol–water partition coefficient (Wildman–Crippen LogP) is 2.95. The Kier molecular flexibility index (Phi) is 5.77. The number of aliphatic hydroxyl groups excluding tert-OH is 1. The van der Waals surface area contributed by atoms with E-state index in [1.165, 1.54) is 25.7 Å². The van der Waals surface area contributed by atoms with Crippen molar-refractivity contribution in [1.82, 2.24) is 5.32 Å². The summed E-state index contributed by atoms with van der Waals surface area (Å²) < 4.78 is 0. The fourth-order valence-corrected chi connectivity index (χ4v) is 2.60. The molecule has 1 aliphatic rings. The zero-order chi connectivity index (χ0) is 12.0. The summed E-state index contributed by atoms with van der Waals surface area (Å²) in [6.07, 6.45) is 7.49. The summed E-state index contributed by atoms with van der Waals surface area (Å²) >= 11 is 0. The van der Waals surface area contributed by atoms with Crippen LogP contribution in [0.15, 0.2) is 0 Å². The molecular formula is C14H29NO. The molecule has 0 aromatic heterocycles. The van der Waals surface area contributed by atoms with Crippen molar-refractivity contribution in [1.29, 1.82) is 0 Å². The van der Waals surface area contributed by atoms with Crippen molar-refractivity contribution >= 4 is 0 Å². The van der Waals surface area contributed by atoms with Gasteiger partial charge in [-0.25, -0.2) is 0 Å². The molecule has 0 spiro atoms. The molecule has 0 aromatic carbocycles. The molecule has 0 heterocycles. The molecule has 1 rings (SSSR count). The zero-order valence-corrected chi connectivity index (χ0v) is 11.3. The maximum atomic E-state index is 9.51. The van der Waals surface area contributed by atoms with E-state index in [-0.39, 0.29) is 5.41 Å². The van der Waals surface area contributed by atoms with Gasteiger partial charge in [-0.15, -0.1) is 0 Å². The Morgan fingerprint density at radius 3 is 2.12 bits per heavy atom. The van der Waals surface area contributed by atoms with Crippen molar-refractivity contribution in [3.63, 3.8) is 0 Å². The van der Waals surface area contributed by atoms with Gasteiger partial charge in [0.05, 0.1) is 0 Å². The molecule has 1 fully saturated rings. The third-order valence-electron chi connectivity index (χ3n) is 4.62. The average Bonchev–Trinajstić information content (AvgIpc) is 2.34. The average molecular weight is 227 g/mol. The van der Waals surface area contributed by atoms with Crippen LogP contribution in [0.4, 0.5) is 0 Å². The van der Waals surface area contributed by atoms with Crippen LogP contribution in [0.3, 0.4) is 0 Å². The number of nitrogens with one attached hydrogen (secondary N) is 1. The maximum Gasteiger partial charge on any atom is 0.0499 e. The van der Waals surface area contributed by atoms with Crippen LogP contribution >= 0.6 is 0 Å². The zero-order valence-electron chi connectivity index (χ0n) is 11.3. The molecule has 2 N–H and O–H groups in total. The number of aliphatic hydroxyl groups is 1. The Labute approximate surface area is 101 Å². The van der Waals surface area contributed by atoms with Gasteiger partial charge in [-0.05, 0) is 44.4 Å². The molecule has 0 amide bonds. The third kappa shape index (κ3) is 3.74. The smallest absolute Gasteiger partial charge is 0.0499 e. The molecular weight excluding hydrogens is 198 g/mol. The topological polar surface area (TPSA) is 32.3 Å². The minimum Gasteiger partial charge on any atom is -0.396 e. The van der Waals surface area contributed by atoms with Crippen LogP contribution in [-0.2, 0) is 0 Å².